The van der Waals surface area contributed by atoms with Crippen LogP contribution in [0.25, 0.3) is 0 Å². The number of hydrogen-bond donors (Lipinski definition) is 0. The normalized spacial score (nSPS) is 28.7. The summed E-state index contributed by atoms with van der Waals surface area (Å²) in [6.07, 6.45) is 4.69. The molecule has 18 heavy (non-hydrogen) atoms. The molecule has 102 valence electrons. The molecule has 2 atom stereocenters. The third kappa shape index (κ3) is 2.79. The molecule has 0 N–H and O–H groups in total. The largest absolute Gasteiger partial charge is 0.446 e. The van der Waals surface area contributed by atoms with E-state index in [9.17, 15) is 9.59 Å². The van der Waals surface area contributed by atoms with Gasteiger partial charge in [-0.15, -0.1) is 11.6 Å². The molecule has 1 saturated heterocycles. The number of rotatable bonds is 3. The van der Waals surface area contributed by atoms with Gasteiger partial charge in [0.2, 0.25) is 0 Å². The van der Waals surface area contributed by atoms with E-state index in [1.165, 1.54) is 0 Å². The molecule has 0 radical (unpaired) electrons. The number of alkyl halides is 1. The molecule has 2 rings (SSSR count). The maximum absolute atomic E-state index is 12.1. The van der Waals surface area contributed by atoms with Gasteiger partial charge in [0.05, 0.1) is 11.9 Å². The minimum absolute atomic E-state index is 0.0395. The minimum Gasteiger partial charge on any atom is -0.446 e. The molecule has 4 nitrogen and oxygen atoms in total. The summed E-state index contributed by atoms with van der Waals surface area (Å²) in [6.45, 7) is 2.58. The van der Waals surface area contributed by atoms with Crippen molar-refractivity contribution in [1.82, 2.24) is 4.90 Å². The van der Waals surface area contributed by atoms with Crippen LogP contribution in [0.15, 0.2) is 0 Å². The molecule has 2 fully saturated rings. The molecule has 0 aromatic rings. The Hall–Kier alpha value is -0.770. The number of carbonyl (C=O) groups is 2. The Bertz CT molecular complexity index is 328. The number of Topliss-reactive ketones (excluding diaryl/α,β-unsaturated/α-hetero) is 1. The lowest BCUT2D eigenvalue weighted by atomic mass is 10.00. The zero-order chi connectivity index (χ0) is 13.1. The zero-order valence-corrected chi connectivity index (χ0v) is 11.5. The molecule has 1 heterocycles. The van der Waals surface area contributed by atoms with E-state index in [-0.39, 0.29) is 29.8 Å². The van der Waals surface area contributed by atoms with Gasteiger partial charge < -0.3 is 4.74 Å². The summed E-state index contributed by atoms with van der Waals surface area (Å²) in [7, 11) is 0. The average Bonchev–Trinajstić information content (AvgIpc) is 2.97. The standard InChI is InChI=1S/C13H20ClNO3/c1-9-6-7-15(12(9)11(16)8-14)13(17)18-10-4-2-3-5-10/h9-10,12H,2-8H2,1H3. The highest BCUT2D eigenvalue weighted by Crippen LogP contribution is 2.28. The van der Waals surface area contributed by atoms with Gasteiger partial charge in [-0.05, 0) is 38.0 Å². The first-order valence-corrected chi connectivity index (χ1v) is 7.23. The third-order valence-electron chi connectivity index (χ3n) is 3.97. The second-order valence-electron chi connectivity index (χ2n) is 5.29. The predicted octanol–water partition coefficient (Wildman–Crippen LogP) is 2.58. The summed E-state index contributed by atoms with van der Waals surface area (Å²) in [5.41, 5.74) is 0. The molecular formula is C13H20ClNO3. The van der Waals surface area contributed by atoms with Crippen LogP contribution in [0.1, 0.15) is 39.0 Å². The quantitative estimate of drug-likeness (QED) is 0.743. The van der Waals surface area contributed by atoms with E-state index < -0.39 is 6.04 Å². The lowest BCUT2D eigenvalue weighted by Gasteiger charge is -2.26. The molecule has 5 heteroatoms. The number of carbonyl (C=O) groups excluding carboxylic acids is 2. The van der Waals surface area contributed by atoms with Crippen molar-refractivity contribution in [3.05, 3.63) is 0 Å². The van der Waals surface area contributed by atoms with Gasteiger partial charge in [0, 0.05) is 6.54 Å². The Kier molecular flexibility index (Phi) is 4.49. The Labute approximate surface area is 113 Å². The van der Waals surface area contributed by atoms with Crippen LogP contribution in [0.3, 0.4) is 0 Å². The fourth-order valence-corrected chi connectivity index (χ4v) is 3.10. The SMILES string of the molecule is CC1CCN(C(=O)OC2CCCC2)C1C(=O)CCl. The van der Waals surface area contributed by atoms with Crippen molar-refractivity contribution in [3.8, 4) is 0 Å². The number of hydrogen-bond acceptors (Lipinski definition) is 3. The fraction of sp³-hybridized carbons (Fsp3) is 0.846. The van der Waals surface area contributed by atoms with E-state index in [4.69, 9.17) is 16.3 Å². The van der Waals surface area contributed by atoms with Gasteiger partial charge in [0.25, 0.3) is 0 Å². The van der Waals surface area contributed by atoms with Crippen LogP contribution in [-0.2, 0) is 9.53 Å². The first kappa shape index (κ1) is 13.7. The summed E-state index contributed by atoms with van der Waals surface area (Å²) < 4.78 is 5.46. The first-order valence-electron chi connectivity index (χ1n) is 6.69. The third-order valence-corrected chi connectivity index (χ3v) is 4.23. The lowest BCUT2D eigenvalue weighted by molar-refractivity contribution is -0.121. The molecule has 0 spiro atoms. The molecule has 2 unspecified atom stereocenters. The van der Waals surface area contributed by atoms with Crippen molar-refractivity contribution in [3.63, 3.8) is 0 Å². The minimum atomic E-state index is -0.392. The Balaban J connectivity index is 1.97. The molecule has 0 bridgehead atoms. The molecule has 1 saturated carbocycles. The number of halogens is 1. The number of ether oxygens (including phenoxy) is 1. The van der Waals surface area contributed by atoms with E-state index in [1.54, 1.807) is 4.90 Å². The van der Waals surface area contributed by atoms with Gasteiger partial charge in [0.1, 0.15) is 6.10 Å². The smallest absolute Gasteiger partial charge is 0.410 e. The monoisotopic (exact) mass is 273 g/mol. The second kappa shape index (κ2) is 5.91. The maximum atomic E-state index is 12.1. The fourth-order valence-electron chi connectivity index (χ4n) is 2.94. The highest BCUT2D eigenvalue weighted by molar-refractivity contribution is 6.28. The van der Waals surface area contributed by atoms with E-state index in [1.807, 2.05) is 6.92 Å². The molecule has 1 aliphatic heterocycles. The van der Waals surface area contributed by atoms with E-state index in [2.05, 4.69) is 0 Å². The van der Waals surface area contributed by atoms with E-state index in [0.29, 0.717) is 6.54 Å². The van der Waals surface area contributed by atoms with E-state index in [0.717, 1.165) is 32.1 Å². The number of ketones is 1. The molecule has 1 amide bonds. The van der Waals surface area contributed by atoms with Gasteiger partial charge in [-0.25, -0.2) is 4.79 Å². The van der Waals surface area contributed by atoms with Gasteiger partial charge in [0.15, 0.2) is 5.78 Å². The van der Waals surface area contributed by atoms with Crippen LogP contribution in [-0.4, -0.2) is 41.3 Å². The van der Waals surface area contributed by atoms with Gasteiger partial charge >= 0.3 is 6.09 Å². The van der Waals surface area contributed by atoms with Crippen molar-refractivity contribution >= 4 is 23.5 Å². The van der Waals surface area contributed by atoms with Crippen molar-refractivity contribution in [2.75, 3.05) is 12.4 Å². The van der Waals surface area contributed by atoms with Crippen LogP contribution in [0.4, 0.5) is 4.79 Å². The van der Waals surface area contributed by atoms with Crippen LogP contribution in [0, 0.1) is 5.92 Å². The summed E-state index contributed by atoms with van der Waals surface area (Å²) in [4.78, 5) is 25.4. The van der Waals surface area contributed by atoms with Crippen LogP contribution in [0.5, 0.6) is 0 Å². The summed E-state index contributed by atoms with van der Waals surface area (Å²) >= 11 is 5.61. The molecule has 0 aromatic carbocycles. The Morgan fingerprint density at radius 3 is 2.56 bits per heavy atom. The Morgan fingerprint density at radius 2 is 1.94 bits per heavy atom. The average molecular weight is 274 g/mol. The number of amides is 1. The maximum Gasteiger partial charge on any atom is 0.410 e. The van der Waals surface area contributed by atoms with Crippen molar-refractivity contribution < 1.29 is 14.3 Å². The van der Waals surface area contributed by atoms with Crippen molar-refractivity contribution in [2.24, 2.45) is 5.92 Å². The van der Waals surface area contributed by atoms with Crippen molar-refractivity contribution in [1.29, 1.82) is 0 Å². The molecule has 2 aliphatic rings. The Morgan fingerprint density at radius 1 is 1.28 bits per heavy atom. The van der Waals surface area contributed by atoms with Crippen molar-refractivity contribution in [2.45, 2.75) is 51.2 Å². The zero-order valence-electron chi connectivity index (χ0n) is 10.7. The van der Waals surface area contributed by atoms with Gasteiger partial charge in [-0.2, -0.15) is 0 Å². The van der Waals surface area contributed by atoms with Crippen LogP contribution >= 0.6 is 11.6 Å². The topological polar surface area (TPSA) is 46.6 Å². The van der Waals surface area contributed by atoms with Gasteiger partial charge in [-0.1, -0.05) is 6.92 Å². The first-order chi connectivity index (χ1) is 8.63. The molecular weight excluding hydrogens is 254 g/mol. The lowest BCUT2D eigenvalue weighted by Crippen LogP contribution is -2.44. The highest BCUT2D eigenvalue weighted by Gasteiger charge is 2.40. The summed E-state index contributed by atoms with van der Waals surface area (Å²) in [6, 6.07) is -0.392. The molecule has 0 aromatic heterocycles. The molecule has 1 aliphatic carbocycles. The highest BCUT2D eigenvalue weighted by atomic mass is 35.5. The van der Waals surface area contributed by atoms with Gasteiger partial charge in [-0.3, -0.25) is 9.69 Å². The van der Waals surface area contributed by atoms with Crippen LogP contribution in [0.2, 0.25) is 0 Å². The summed E-state index contributed by atoms with van der Waals surface area (Å²) in [5.74, 6) is 0.0554. The number of nitrogens with zero attached hydrogens (tertiary/aromatic N) is 1. The summed E-state index contributed by atoms with van der Waals surface area (Å²) in [5, 5.41) is 0. The number of likely N-dealkylation sites (tertiary alicyclic amines) is 1. The van der Waals surface area contributed by atoms with Crippen LogP contribution < -0.4 is 0 Å². The predicted molar refractivity (Wildman–Crippen MR) is 68.7 cm³/mol. The second-order valence-corrected chi connectivity index (χ2v) is 5.56. The van der Waals surface area contributed by atoms with E-state index >= 15 is 0 Å².